The molecule has 114 valence electrons. The first-order valence-corrected chi connectivity index (χ1v) is 7.04. The van der Waals surface area contributed by atoms with Crippen LogP contribution in [0.2, 0.25) is 0 Å². The van der Waals surface area contributed by atoms with Crippen LogP contribution in [0.3, 0.4) is 0 Å². The fourth-order valence-electron chi connectivity index (χ4n) is 1.99. The maximum absolute atomic E-state index is 11.2. The number of carbonyl (C=O) groups is 1. The monoisotopic (exact) mass is 286 g/mol. The first-order valence-electron chi connectivity index (χ1n) is 7.04. The highest BCUT2D eigenvalue weighted by Gasteiger charge is 2.49. The molecule has 6 nitrogen and oxygen atoms in total. The molecule has 2 aliphatic rings. The van der Waals surface area contributed by atoms with Crippen molar-refractivity contribution in [2.24, 2.45) is 0 Å². The third-order valence-corrected chi connectivity index (χ3v) is 3.00. The van der Waals surface area contributed by atoms with Crippen LogP contribution in [0.5, 0.6) is 0 Å². The van der Waals surface area contributed by atoms with Crippen LogP contribution in [-0.4, -0.2) is 48.6 Å². The van der Waals surface area contributed by atoms with Gasteiger partial charge in [-0.1, -0.05) is 6.08 Å². The highest BCUT2D eigenvalue weighted by molar-refractivity contribution is 5.81. The van der Waals surface area contributed by atoms with Gasteiger partial charge in [-0.3, -0.25) is 0 Å². The number of esters is 1. The van der Waals surface area contributed by atoms with Gasteiger partial charge in [-0.15, -0.1) is 0 Å². The number of hydrogen-bond acceptors (Lipinski definition) is 6. The van der Waals surface area contributed by atoms with Gasteiger partial charge < -0.3 is 24.1 Å². The molecule has 0 aromatic carbocycles. The predicted molar refractivity (Wildman–Crippen MR) is 69.7 cm³/mol. The molecule has 2 aliphatic heterocycles. The van der Waals surface area contributed by atoms with Crippen LogP contribution in [0.15, 0.2) is 12.2 Å². The molecule has 0 amide bonds. The van der Waals surface area contributed by atoms with Crippen molar-refractivity contribution in [2.45, 2.75) is 64.0 Å². The fraction of sp³-hybridized carbons (Fsp3) is 0.786. The summed E-state index contributed by atoms with van der Waals surface area (Å²) in [5.41, 5.74) is 0. The van der Waals surface area contributed by atoms with Crippen molar-refractivity contribution in [1.82, 2.24) is 0 Å². The molecule has 2 fully saturated rings. The predicted octanol–water partition coefficient (Wildman–Crippen LogP) is 1.12. The van der Waals surface area contributed by atoms with E-state index >= 15 is 0 Å². The van der Waals surface area contributed by atoms with E-state index in [0.717, 1.165) is 6.42 Å². The lowest BCUT2D eigenvalue weighted by atomic mass is 10.1. The largest absolute Gasteiger partial charge is 0.460 e. The minimum Gasteiger partial charge on any atom is -0.460 e. The zero-order valence-corrected chi connectivity index (χ0v) is 11.9. The van der Waals surface area contributed by atoms with E-state index < -0.39 is 12.4 Å². The van der Waals surface area contributed by atoms with Crippen LogP contribution in [-0.2, 0) is 23.7 Å². The molecule has 0 aliphatic carbocycles. The smallest absolute Gasteiger partial charge is 0.330 e. The summed E-state index contributed by atoms with van der Waals surface area (Å²) >= 11 is 0. The Hall–Kier alpha value is -0.950. The number of fused-ring (bicyclic) bond motifs is 1. The van der Waals surface area contributed by atoms with Gasteiger partial charge in [0, 0.05) is 12.5 Å². The van der Waals surface area contributed by atoms with Gasteiger partial charge in [-0.05, 0) is 26.7 Å². The average Bonchev–Trinajstić information content (AvgIpc) is 3.10. The van der Waals surface area contributed by atoms with Gasteiger partial charge in [0.25, 0.3) is 0 Å². The average molecular weight is 286 g/mol. The molecule has 4 unspecified atom stereocenters. The molecule has 0 radical (unpaired) electrons. The van der Waals surface area contributed by atoms with Crippen molar-refractivity contribution in [3.8, 4) is 0 Å². The lowest BCUT2D eigenvalue weighted by Crippen LogP contribution is -2.38. The van der Waals surface area contributed by atoms with E-state index in [1.165, 1.54) is 6.08 Å². The van der Waals surface area contributed by atoms with E-state index in [0.29, 0.717) is 19.4 Å². The van der Waals surface area contributed by atoms with Gasteiger partial charge in [0.2, 0.25) is 0 Å². The number of aliphatic hydroxyl groups is 1. The molecular formula is C14H22O6. The lowest BCUT2D eigenvalue weighted by molar-refractivity contribution is -0.222. The number of hydrogen-bond donors (Lipinski definition) is 1. The third kappa shape index (κ3) is 4.86. The van der Waals surface area contributed by atoms with Crippen molar-refractivity contribution in [3.63, 3.8) is 0 Å². The van der Waals surface area contributed by atoms with Gasteiger partial charge in [0.15, 0.2) is 12.6 Å². The van der Waals surface area contributed by atoms with E-state index in [9.17, 15) is 9.90 Å². The van der Waals surface area contributed by atoms with Gasteiger partial charge in [-0.2, -0.15) is 0 Å². The first kappa shape index (κ1) is 15.4. The van der Waals surface area contributed by atoms with Crippen molar-refractivity contribution in [3.05, 3.63) is 12.2 Å². The second-order valence-corrected chi connectivity index (χ2v) is 5.25. The highest BCUT2D eigenvalue weighted by atomic mass is 16.8. The van der Waals surface area contributed by atoms with Crippen LogP contribution in [0.4, 0.5) is 0 Å². The second-order valence-electron chi connectivity index (χ2n) is 5.25. The van der Waals surface area contributed by atoms with Crippen molar-refractivity contribution < 1.29 is 28.8 Å². The van der Waals surface area contributed by atoms with Crippen LogP contribution in [0.25, 0.3) is 0 Å². The standard InChI is InChI=1S/C14H22O6/c1-9(2)18-12(16)6-4-3-5-7-17-13-10(15)8-11-14(19-11)20-13/h4,6,9-11,13-15H,3,5,7-8H2,1-2H3/b6-4+. The van der Waals surface area contributed by atoms with Crippen molar-refractivity contribution in [2.75, 3.05) is 6.61 Å². The molecule has 6 heteroatoms. The summed E-state index contributed by atoms with van der Waals surface area (Å²) in [6.07, 6.45) is 3.70. The Morgan fingerprint density at radius 1 is 1.45 bits per heavy atom. The molecule has 2 saturated heterocycles. The lowest BCUT2D eigenvalue weighted by Gasteiger charge is -2.25. The molecule has 0 spiro atoms. The number of rotatable bonds is 7. The van der Waals surface area contributed by atoms with Gasteiger partial charge in [-0.25, -0.2) is 4.79 Å². The number of allylic oxidation sites excluding steroid dienone is 1. The summed E-state index contributed by atoms with van der Waals surface area (Å²) in [6.45, 7) is 4.08. The normalized spacial score (nSPS) is 32.4. The maximum Gasteiger partial charge on any atom is 0.330 e. The zero-order valence-electron chi connectivity index (χ0n) is 11.9. The molecule has 0 aromatic heterocycles. The Balaban J connectivity index is 1.53. The number of carbonyl (C=O) groups excluding carboxylic acids is 1. The number of ether oxygens (including phenoxy) is 4. The van der Waals surface area contributed by atoms with E-state index in [4.69, 9.17) is 18.9 Å². The molecule has 2 heterocycles. The summed E-state index contributed by atoms with van der Waals surface area (Å²) in [5.74, 6) is -0.330. The van der Waals surface area contributed by atoms with E-state index in [1.807, 2.05) is 13.8 Å². The highest BCUT2D eigenvalue weighted by Crippen LogP contribution is 2.35. The van der Waals surface area contributed by atoms with Crippen LogP contribution in [0, 0.1) is 0 Å². The molecule has 2 rings (SSSR count). The minimum absolute atomic E-state index is 0.0414. The molecule has 0 aromatic rings. The fourth-order valence-corrected chi connectivity index (χ4v) is 1.99. The Morgan fingerprint density at radius 3 is 3.00 bits per heavy atom. The van der Waals surface area contributed by atoms with Crippen LogP contribution in [0.1, 0.15) is 33.1 Å². The summed E-state index contributed by atoms with van der Waals surface area (Å²) < 4.78 is 21.0. The topological polar surface area (TPSA) is 77.5 Å². The van der Waals surface area contributed by atoms with E-state index in [1.54, 1.807) is 6.08 Å². The molecule has 4 atom stereocenters. The summed E-state index contributed by atoms with van der Waals surface area (Å²) in [6, 6.07) is 0. The van der Waals surface area contributed by atoms with E-state index in [2.05, 4.69) is 0 Å². The second kappa shape index (κ2) is 7.17. The summed E-state index contributed by atoms with van der Waals surface area (Å²) in [5, 5.41) is 9.72. The maximum atomic E-state index is 11.2. The number of unbranched alkanes of at least 4 members (excludes halogenated alkanes) is 1. The number of epoxide rings is 1. The summed E-state index contributed by atoms with van der Waals surface area (Å²) in [4.78, 5) is 11.2. The molecule has 20 heavy (non-hydrogen) atoms. The zero-order chi connectivity index (χ0) is 14.5. The Morgan fingerprint density at radius 2 is 2.25 bits per heavy atom. The van der Waals surface area contributed by atoms with Crippen molar-refractivity contribution >= 4 is 5.97 Å². The number of aliphatic hydroxyl groups excluding tert-OH is 1. The van der Waals surface area contributed by atoms with Crippen LogP contribution >= 0.6 is 0 Å². The van der Waals surface area contributed by atoms with Gasteiger partial charge in [0.1, 0.15) is 12.2 Å². The Labute approximate surface area is 118 Å². The SMILES string of the molecule is CC(C)OC(=O)/C=C/CCCOC1OC2OC2CC1O. The van der Waals surface area contributed by atoms with Crippen LogP contribution < -0.4 is 0 Å². The minimum atomic E-state index is -0.629. The van der Waals surface area contributed by atoms with Gasteiger partial charge in [0.05, 0.1) is 12.7 Å². The quantitative estimate of drug-likeness (QED) is 0.327. The van der Waals surface area contributed by atoms with Crippen molar-refractivity contribution in [1.29, 1.82) is 0 Å². The van der Waals surface area contributed by atoms with E-state index in [-0.39, 0.29) is 24.5 Å². The Bertz CT molecular complexity index is 354. The molecular weight excluding hydrogens is 264 g/mol. The first-order chi connectivity index (χ1) is 9.56. The molecule has 0 bridgehead atoms. The molecule has 1 N–H and O–H groups in total. The Kier molecular flexibility index (Phi) is 5.54. The summed E-state index contributed by atoms with van der Waals surface area (Å²) in [7, 11) is 0. The third-order valence-electron chi connectivity index (χ3n) is 3.00. The molecule has 0 saturated carbocycles. The van der Waals surface area contributed by atoms with Gasteiger partial charge >= 0.3 is 5.97 Å².